The van der Waals surface area contributed by atoms with Crippen molar-refractivity contribution >= 4 is 19.8 Å². The summed E-state index contributed by atoms with van der Waals surface area (Å²) in [4.78, 5) is 35.0. The first-order valence-electron chi connectivity index (χ1n) is 17.8. The zero-order valence-corrected chi connectivity index (χ0v) is 30.1. The molecule has 0 heterocycles. The van der Waals surface area contributed by atoms with Crippen LogP contribution in [0, 0.1) is 0 Å². The first kappa shape index (κ1) is 43.0. The molecule has 0 aromatic carbocycles. The number of phosphoric acid groups is 1. The van der Waals surface area contributed by atoms with Gasteiger partial charge in [-0.05, 0) is 12.8 Å². The van der Waals surface area contributed by atoms with E-state index in [0.29, 0.717) is 23.9 Å². The second-order valence-corrected chi connectivity index (χ2v) is 14.7. The molecule has 0 bridgehead atoms. The van der Waals surface area contributed by atoms with E-state index in [1.54, 1.807) is 0 Å². The summed E-state index contributed by atoms with van der Waals surface area (Å²) < 4.78 is 34.0. The maximum absolute atomic E-state index is 12.5. The number of hydrogen-bond acceptors (Lipinski definition) is 7. The summed E-state index contributed by atoms with van der Waals surface area (Å²) in [6, 6.07) is 0. The third-order valence-electron chi connectivity index (χ3n) is 7.64. The van der Waals surface area contributed by atoms with Crippen molar-refractivity contribution in [3.8, 4) is 0 Å². The van der Waals surface area contributed by atoms with Crippen molar-refractivity contribution in [1.29, 1.82) is 0 Å². The highest BCUT2D eigenvalue weighted by Gasteiger charge is 2.27. The van der Waals surface area contributed by atoms with E-state index in [0.717, 1.165) is 32.1 Å². The smallest absolute Gasteiger partial charge is 0.462 e. The molecule has 0 radical (unpaired) electrons. The Bertz CT molecular complexity index is 743. The molecule has 0 spiro atoms. The lowest BCUT2D eigenvalue weighted by Crippen LogP contribution is -2.37. The van der Waals surface area contributed by atoms with Crippen molar-refractivity contribution in [1.82, 2.24) is 0 Å². The number of quaternary nitrogens is 1. The molecule has 0 aliphatic heterocycles. The minimum atomic E-state index is -4.35. The van der Waals surface area contributed by atoms with Gasteiger partial charge in [-0.2, -0.15) is 0 Å². The van der Waals surface area contributed by atoms with Crippen LogP contribution in [0.3, 0.4) is 0 Å². The number of likely N-dealkylation sites (N-methyl/N-ethyl adjacent to an activating group) is 1. The molecule has 2 unspecified atom stereocenters. The average molecular weight is 651 g/mol. The molecule has 0 amide bonds. The molecule has 0 saturated carbocycles. The maximum Gasteiger partial charge on any atom is 0.472 e. The van der Waals surface area contributed by atoms with Crippen LogP contribution < -0.4 is 0 Å². The van der Waals surface area contributed by atoms with E-state index < -0.39 is 26.5 Å². The number of phosphoric ester groups is 1. The third-order valence-corrected chi connectivity index (χ3v) is 8.62. The van der Waals surface area contributed by atoms with Crippen molar-refractivity contribution in [3.63, 3.8) is 0 Å². The van der Waals surface area contributed by atoms with Gasteiger partial charge >= 0.3 is 19.8 Å². The first-order chi connectivity index (χ1) is 21.0. The third kappa shape index (κ3) is 31.0. The van der Waals surface area contributed by atoms with Crippen LogP contribution in [-0.4, -0.2) is 74.9 Å². The molecule has 2 atom stereocenters. The molecule has 0 aromatic rings. The summed E-state index contributed by atoms with van der Waals surface area (Å²) in [5.41, 5.74) is 0. The van der Waals surface area contributed by atoms with Crippen molar-refractivity contribution in [2.24, 2.45) is 0 Å². The van der Waals surface area contributed by atoms with Crippen LogP contribution in [-0.2, 0) is 32.7 Å². The van der Waals surface area contributed by atoms with Gasteiger partial charge in [0.15, 0.2) is 6.10 Å². The number of nitrogens with zero attached hydrogens (tertiary/aromatic N) is 1. The number of ether oxygens (including phenoxy) is 2. The summed E-state index contributed by atoms with van der Waals surface area (Å²) >= 11 is 0. The number of rotatable bonds is 32. The van der Waals surface area contributed by atoms with Crippen LogP contribution in [0.25, 0.3) is 0 Å². The van der Waals surface area contributed by atoms with E-state index in [2.05, 4.69) is 13.8 Å². The van der Waals surface area contributed by atoms with Crippen molar-refractivity contribution in [2.75, 3.05) is 47.5 Å². The van der Waals surface area contributed by atoms with Gasteiger partial charge in [0.2, 0.25) is 0 Å². The summed E-state index contributed by atoms with van der Waals surface area (Å²) in [5.74, 6) is -0.797. The predicted octanol–water partition coefficient (Wildman–Crippen LogP) is 8.90. The van der Waals surface area contributed by atoms with E-state index in [1.165, 1.54) is 89.9 Å². The van der Waals surface area contributed by atoms with Gasteiger partial charge < -0.3 is 18.9 Å². The van der Waals surface area contributed by atoms with Crippen LogP contribution >= 0.6 is 7.82 Å². The van der Waals surface area contributed by atoms with Crippen LogP contribution in [0.5, 0.6) is 0 Å². The number of hydrogen-bond donors (Lipinski definition) is 1. The van der Waals surface area contributed by atoms with E-state index in [-0.39, 0.29) is 25.6 Å². The van der Waals surface area contributed by atoms with Crippen molar-refractivity contribution in [3.05, 3.63) is 0 Å². The second kappa shape index (κ2) is 28.3. The molecule has 10 heteroatoms. The van der Waals surface area contributed by atoms with Crippen LogP contribution in [0.2, 0.25) is 0 Å². The van der Waals surface area contributed by atoms with Gasteiger partial charge in [-0.3, -0.25) is 18.6 Å². The molecule has 0 aliphatic rings. The molecular weight excluding hydrogens is 581 g/mol. The summed E-state index contributed by atoms with van der Waals surface area (Å²) in [5, 5.41) is 0. The Morgan fingerprint density at radius 3 is 1.45 bits per heavy atom. The lowest BCUT2D eigenvalue weighted by atomic mass is 10.1. The Morgan fingerprint density at radius 2 is 1.02 bits per heavy atom. The highest BCUT2D eigenvalue weighted by Crippen LogP contribution is 2.43. The SMILES string of the molecule is CCCCCCCCCCCCCC(=O)OC(COC(=O)CCCCCCCCCCC)COP(=O)(O)OCC[N+](C)(C)C. The fraction of sp³-hybridized carbons (Fsp3) is 0.941. The van der Waals surface area contributed by atoms with Crippen LogP contribution in [0.4, 0.5) is 0 Å². The zero-order valence-electron chi connectivity index (χ0n) is 29.2. The predicted molar refractivity (Wildman–Crippen MR) is 178 cm³/mol. The van der Waals surface area contributed by atoms with E-state index in [9.17, 15) is 19.0 Å². The molecule has 0 aromatic heterocycles. The molecule has 0 fully saturated rings. The summed E-state index contributed by atoms with van der Waals surface area (Å²) in [6.07, 6.45) is 22.9. The van der Waals surface area contributed by atoms with E-state index >= 15 is 0 Å². The molecule has 1 N–H and O–H groups in total. The van der Waals surface area contributed by atoms with Gasteiger partial charge in [0.05, 0.1) is 27.7 Å². The zero-order chi connectivity index (χ0) is 32.9. The lowest BCUT2D eigenvalue weighted by molar-refractivity contribution is -0.870. The minimum Gasteiger partial charge on any atom is -0.462 e. The fourth-order valence-electron chi connectivity index (χ4n) is 4.78. The Hall–Kier alpha value is -0.990. The van der Waals surface area contributed by atoms with Gasteiger partial charge in [0.1, 0.15) is 19.8 Å². The second-order valence-electron chi connectivity index (χ2n) is 13.3. The Labute approximate surface area is 270 Å². The molecule has 0 aliphatic carbocycles. The van der Waals surface area contributed by atoms with Crippen LogP contribution in [0.15, 0.2) is 0 Å². The number of carbonyl (C=O) groups excluding carboxylic acids is 2. The molecule has 0 rings (SSSR count). The standard InChI is InChI=1S/C34H68NO8P/c1-6-8-10-12-14-16-17-19-21-23-25-27-34(37)43-32(31-42-44(38,39)41-29-28-35(3,4)5)30-40-33(36)26-24-22-20-18-15-13-11-9-7-2/h32H,6-31H2,1-5H3/p+1. The van der Waals surface area contributed by atoms with Gasteiger partial charge in [0, 0.05) is 12.8 Å². The Kier molecular flexibility index (Phi) is 27.6. The Morgan fingerprint density at radius 1 is 0.614 bits per heavy atom. The molecule has 0 saturated heterocycles. The van der Waals surface area contributed by atoms with E-state index in [1.807, 2.05) is 21.1 Å². The normalized spacial score (nSPS) is 13.9. The topological polar surface area (TPSA) is 108 Å². The Balaban J connectivity index is 4.47. The highest BCUT2D eigenvalue weighted by atomic mass is 31.2. The molecule has 44 heavy (non-hydrogen) atoms. The highest BCUT2D eigenvalue weighted by molar-refractivity contribution is 7.47. The molecular formula is C34H69NO8P+. The van der Waals surface area contributed by atoms with E-state index in [4.69, 9.17) is 18.5 Å². The molecule has 262 valence electrons. The van der Waals surface area contributed by atoms with Gasteiger partial charge in [-0.1, -0.05) is 129 Å². The van der Waals surface area contributed by atoms with Crippen LogP contribution in [0.1, 0.15) is 155 Å². The van der Waals surface area contributed by atoms with Gasteiger partial charge in [-0.15, -0.1) is 0 Å². The quantitative estimate of drug-likeness (QED) is 0.0333. The molecule has 9 nitrogen and oxygen atoms in total. The first-order valence-corrected chi connectivity index (χ1v) is 19.3. The minimum absolute atomic E-state index is 0.0360. The van der Waals surface area contributed by atoms with Crippen molar-refractivity contribution < 1.29 is 42.1 Å². The van der Waals surface area contributed by atoms with Gasteiger partial charge in [0.25, 0.3) is 0 Å². The summed E-state index contributed by atoms with van der Waals surface area (Å²) in [6.45, 7) is 4.38. The summed E-state index contributed by atoms with van der Waals surface area (Å²) in [7, 11) is 1.48. The van der Waals surface area contributed by atoms with Gasteiger partial charge in [-0.25, -0.2) is 4.57 Å². The number of carbonyl (C=O) groups is 2. The number of unbranched alkanes of at least 4 members (excludes halogenated alkanes) is 18. The number of esters is 2. The average Bonchev–Trinajstić information content (AvgIpc) is 2.95. The lowest BCUT2D eigenvalue weighted by Gasteiger charge is -2.24. The monoisotopic (exact) mass is 650 g/mol. The maximum atomic E-state index is 12.5. The fourth-order valence-corrected chi connectivity index (χ4v) is 5.52. The van der Waals surface area contributed by atoms with Crippen molar-refractivity contribution in [2.45, 2.75) is 161 Å². The largest absolute Gasteiger partial charge is 0.472 e.